The maximum absolute atomic E-state index is 5.37. The third-order valence-corrected chi connectivity index (χ3v) is 3.62. The predicted molar refractivity (Wildman–Crippen MR) is 78.4 cm³/mol. The van der Waals surface area contributed by atoms with Gasteiger partial charge in [-0.15, -0.1) is 0 Å². The molecule has 1 aromatic rings. The van der Waals surface area contributed by atoms with Crippen LogP contribution in [-0.4, -0.2) is 59.2 Å². The monoisotopic (exact) mass is 281 g/mol. The van der Waals surface area contributed by atoms with Crippen molar-refractivity contribution in [2.24, 2.45) is 0 Å². The Labute approximate surface area is 121 Å². The molecular weight excluding hydrogens is 254 g/mol. The van der Waals surface area contributed by atoms with Gasteiger partial charge in [0.25, 0.3) is 0 Å². The summed E-state index contributed by atoms with van der Waals surface area (Å²) in [5.74, 6) is 1.46. The van der Waals surface area contributed by atoms with Gasteiger partial charge in [0, 0.05) is 12.1 Å². The SMILES string of the molecule is CN1CCCN(C)C(c2noc(CNC(C)(C)C)n2)C1. The van der Waals surface area contributed by atoms with Crippen LogP contribution in [0.25, 0.3) is 0 Å². The zero-order valence-corrected chi connectivity index (χ0v) is 13.3. The summed E-state index contributed by atoms with van der Waals surface area (Å²) < 4.78 is 5.37. The maximum atomic E-state index is 5.37. The van der Waals surface area contributed by atoms with Crippen LogP contribution >= 0.6 is 0 Å². The van der Waals surface area contributed by atoms with Crippen molar-refractivity contribution < 1.29 is 4.52 Å². The van der Waals surface area contributed by atoms with Gasteiger partial charge < -0.3 is 14.7 Å². The Balaban J connectivity index is 2.03. The smallest absolute Gasteiger partial charge is 0.240 e. The fourth-order valence-corrected chi connectivity index (χ4v) is 2.37. The minimum atomic E-state index is 0.0496. The minimum absolute atomic E-state index is 0.0496. The molecule has 6 heteroatoms. The Kier molecular flexibility index (Phi) is 4.78. The van der Waals surface area contributed by atoms with Crippen molar-refractivity contribution in [3.05, 3.63) is 11.7 Å². The Bertz CT molecular complexity index is 425. The molecule has 0 amide bonds. The van der Waals surface area contributed by atoms with Gasteiger partial charge in [-0.1, -0.05) is 5.16 Å². The van der Waals surface area contributed by atoms with Crippen LogP contribution in [0.1, 0.15) is 44.9 Å². The van der Waals surface area contributed by atoms with Gasteiger partial charge in [0.05, 0.1) is 12.6 Å². The van der Waals surface area contributed by atoms with Gasteiger partial charge in [-0.3, -0.25) is 4.90 Å². The highest BCUT2D eigenvalue weighted by molar-refractivity contribution is 4.97. The summed E-state index contributed by atoms with van der Waals surface area (Å²) in [7, 11) is 4.28. The largest absolute Gasteiger partial charge is 0.338 e. The molecular formula is C14H27N5O. The molecule has 0 radical (unpaired) electrons. The van der Waals surface area contributed by atoms with E-state index in [1.807, 2.05) is 0 Å². The van der Waals surface area contributed by atoms with Crippen molar-refractivity contribution in [2.75, 3.05) is 33.7 Å². The second-order valence-electron chi connectivity index (χ2n) is 6.76. The van der Waals surface area contributed by atoms with Gasteiger partial charge >= 0.3 is 0 Å². The van der Waals surface area contributed by atoms with Gasteiger partial charge in [-0.2, -0.15) is 4.98 Å². The molecule has 0 spiro atoms. The molecule has 0 aliphatic carbocycles. The Hall–Kier alpha value is -0.980. The Morgan fingerprint density at radius 1 is 1.30 bits per heavy atom. The van der Waals surface area contributed by atoms with Crippen LogP contribution in [0.3, 0.4) is 0 Å². The number of hydrogen-bond acceptors (Lipinski definition) is 6. The first-order chi connectivity index (χ1) is 9.35. The van der Waals surface area contributed by atoms with E-state index in [4.69, 9.17) is 4.52 Å². The zero-order chi connectivity index (χ0) is 14.8. The Morgan fingerprint density at radius 3 is 2.75 bits per heavy atom. The second-order valence-corrected chi connectivity index (χ2v) is 6.76. The van der Waals surface area contributed by atoms with E-state index < -0.39 is 0 Å². The number of nitrogens with one attached hydrogen (secondary N) is 1. The number of likely N-dealkylation sites (N-methyl/N-ethyl adjacent to an activating group) is 2. The molecule has 1 N–H and O–H groups in total. The molecule has 1 unspecified atom stereocenters. The summed E-state index contributed by atoms with van der Waals surface area (Å²) in [6, 6.07) is 0.217. The average molecular weight is 281 g/mol. The molecule has 2 rings (SSSR count). The molecule has 114 valence electrons. The van der Waals surface area contributed by atoms with E-state index in [0.717, 1.165) is 25.5 Å². The summed E-state index contributed by atoms with van der Waals surface area (Å²) in [6.45, 7) is 10.1. The normalized spacial score (nSPS) is 22.9. The molecule has 6 nitrogen and oxygen atoms in total. The molecule has 1 aliphatic heterocycles. The number of hydrogen-bond donors (Lipinski definition) is 1. The third kappa shape index (κ3) is 4.26. The van der Waals surface area contributed by atoms with Crippen LogP contribution < -0.4 is 5.32 Å². The van der Waals surface area contributed by atoms with Crippen molar-refractivity contribution in [1.29, 1.82) is 0 Å². The highest BCUT2D eigenvalue weighted by Crippen LogP contribution is 2.20. The lowest BCUT2D eigenvalue weighted by molar-refractivity contribution is 0.214. The first-order valence-electron chi connectivity index (χ1n) is 7.31. The van der Waals surface area contributed by atoms with Crippen molar-refractivity contribution in [1.82, 2.24) is 25.3 Å². The molecule has 0 saturated carbocycles. The fourth-order valence-electron chi connectivity index (χ4n) is 2.37. The molecule has 1 aliphatic rings. The van der Waals surface area contributed by atoms with Crippen molar-refractivity contribution in [2.45, 2.75) is 45.3 Å². The van der Waals surface area contributed by atoms with Crippen LogP contribution in [-0.2, 0) is 6.54 Å². The van der Waals surface area contributed by atoms with Crippen LogP contribution in [0.2, 0.25) is 0 Å². The highest BCUT2D eigenvalue weighted by atomic mass is 16.5. The van der Waals surface area contributed by atoms with E-state index in [1.165, 1.54) is 6.42 Å². The summed E-state index contributed by atoms with van der Waals surface area (Å²) in [5.41, 5.74) is 0.0496. The predicted octanol–water partition coefficient (Wildman–Crippen LogP) is 1.27. The van der Waals surface area contributed by atoms with Gasteiger partial charge in [0.1, 0.15) is 0 Å². The van der Waals surface area contributed by atoms with Gasteiger partial charge in [-0.25, -0.2) is 0 Å². The number of rotatable bonds is 3. The van der Waals surface area contributed by atoms with E-state index in [-0.39, 0.29) is 11.6 Å². The number of nitrogens with zero attached hydrogens (tertiary/aromatic N) is 4. The lowest BCUT2D eigenvalue weighted by atomic mass is 10.1. The number of aromatic nitrogens is 2. The third-order valence-electron chi connectivity index (χ3n) is 3.62. The topological polar surface area (TPSA) is 57.4 Å². The van der Waals surface area contributed by atoms with Crippen molar-refractivity contribution >= 4 is 0 Å². The zero-order valence-electron chi connectivity index (χ0n) is 13.3. The highest BCUT2D eigenvalue weighted by Gasteiger charge is 2.26. The molecule has 20 heavy (non-hydrogen) atoms. The molecule has 1 saturated heterocycles. The Morgan fingerprint density at radius 2 is 2.05 bits per heavy atom. The lowest BCUT2D eigenvalue weighted by Gasteiger charge is -2.24. The molecule has 0 aromatic carbocycles. The van der Waals surface area contributed by atoms with Crippen LogP contribution in [0.5, 0.6) is 0 Å². The van der Waals surface area contributed by atoms with Crippen molar-refractivity contribution in [3.63, 3.8) is 0 Å². The summed E-state index contributed by atoms with van der Waals surface area (Å²) in [6.07, 6.45) is 1.18. The first-order valence-corrected chi connectivity index (χ1v) is 7.31. The standard InChI is InChI=1S/C14H27N5O/c1-14(2,3)15-9-12-16-13(17-20-12)11-10-18(4)7-6-8-19(11)5/h11,15H,6-10H2,1-5H3. The first kappa shape index (κ1) is 15.4. The minimum Gasteiger partial charge on any atom is -0.338 e. The van der Waals surface area contributed by atoms with Crippen LogP contribution in [0.4, 0.5) is 0 Å². The van der Waals surface area contributed by atoms with Crippen LogP contribution in [0, 0.1) is 0 Å². The van der Waals surface area contributed by atoms with Gasteiger partial charge in [0.15, 0.2) is 5.82 Å². The average Bonchev–Trinajstić information content (AvgIpc) is 2.74. The van der Waals surface area contributed by atoms with E-state index in [2.05, 4.69) is 60.1 Å². The molecule has 1 atom stereocenters. The van der Waals surface area contributed by atoms with Crippen molar-refractivity contribution in [3.8, 4) is 0 Å². The van der Waals surface area contributed by atoms with Gasteiger partial charge in [-0.05, 0) is 54.4 Å². The van der Waals surface area contributed by atoms with E-state index >= 15 is 0 Å². The quantitative estimate of drug-likeness (QED) is 0.900. The molecule has 2 heterocycles. The second kappa shape index (κ2) is 6.20. The van der Waals surface area contributed by atoms with E-state index in [0.29, 0.717) is 12.4 Å². The summed E-state index contributed by atoms with van der Waals surface area (Å²) in [4.78, 5) is 9.20. The molecule has 1 aromatic heterocycles. The summed E-state index contributed by atoms with van der Waals surface area (Å²) in [5, 5.41) is 7.54. The fraction of sp³-hybridized carbons (Fsp3) is 0.857. The molecule has 0 bridgehead atoms. The van der Waals surface area contributed by atoms with E-state index in [9.17, 15) is 0 Å². The maximum Gasteiger partial charge on any atom is 0.240 e. The van der Waals surface area contributed by atoms with E-state index in [1.54, 1.807) is 0 Å². The lowest BCUT2D eigenvalue weighted by Crippen LogP contribution is -2.35. The van der Waals surface area contributed by atoms with Gasteiger partial charge in [0.2, 0.25) is 5.89 Å². The molecule has 1 fully saturated rings. The van der Waals surface area contributed by atoms with Crippen LogP contribution in [0.15, 0.2) is 4.52 Å². The summed E-state index contributed by atoms with van der Waals surface area (Å²) >= 11 is 0.